The van der Waals surface area contributed by atoms with Crippen LogP contribution in [0.15, 0.2) is 36.4 Å². The van der Waals surface area contributed by atoms with Crippen LogP contribution in [0.4, 0.5) is 0 Å². The fraction of sp³-hybridized carbons (Fsp3) is 0.412. The third-order valence-corrected chi connectivity index (χ3v) is 3.90. The van der Waals surface area contributed by atoms with Gasteiger partial charge in [-0.1, -0.05) is 44.2 Å². The summed E-state index contributed by atoms with van der Waals surface area (Å²) >= 11 is 5.24. The van der Waals surface area contributed by atoms with Crippen LogP contribution in [0.1, 0.15) is 33.3 Å². The first-order valence-corrected chi connectivity index (χ1v) is 7.53. The van der Waals surface area contributed by atoms with E-state index in [1.807, 2.05) is 44.2 Å². The Morgan fingerprint density at radius 2 is 1.95 bits per heavy atom. The van der Waals surface area contributed by atoms with Gasteiger partial charge in [-0.05, 0) is 43.6 Å². The molecule has 1 amide bonds. The Hall–Kier alpha value is -1.68. The van der Waals surface area contributed by atoms with Crippen LogP contribution >= 0.6 is 12.2 Å². The SMILES string of the molecule is CC(C)[C@@H]1N(C(=O)/C=C/c2ccccc2)C(=S)OC1(C)C. The summed E-state index contributed by atoms with van der Waals surface area (Å²) in [4.78, 5) is 14.1. The molecule has 1 heterocycles. The minimum atomic E-state index is -0.457. The zero-order chi connectivity index (χ0) is 15.6. The molecular weight excluding hydrogens is 282 g/mol. The molecule has 112 valence electrons. The number of thiocarbonyl (C=S) groups is 1. The summed E-state index contributed by atoms with van der Waals surface area (Å²) in [7, 11) is 0. The highest BCUT2D eigenvalue weighted by Crippen LogP contribution is 2.34. The largest absolute Gasteiger partial charge is 0.462 e. The van der Waals surface area contributed by atoms with E-state index in [0.29, 0.717) is 0 Å². The summed E-state index contributed by atoms with van der Waals surface area (Å²) < 4.78 is 5.71. The van der Waals surface area contributed by atoms with Crippen molar-refractivity contribution in [1.29, 1.82) is 0 Å². The number of rotatable bonds is 3. The van der Waals surface area contributed by atoms with Crippen molar-refractivity contribution in [3.63, 3.8) is 0 Å². The Balaban J connectivity index is 2.21. The van der Waals surface area contributed by atoms with Crippen LogP contribution < -0.4 is 0 Å². The Morgan fingerprint density at radius 1 is 1.33 bits per heavy atom. The molecule has 1 aliphatic heterocycles. The second-order valence-electron chi connectivity index (χ2n) is 6.11. The van der Waals surface area contributed by atoms with Gasteiger partial charge in [0.1, 0.15) is 5.60 Å². The summed E-state index contributed by atoms with van der Waals surface area (Å²) in [5.41, 5.74) is 0.527. The average Bonchev–Trinajstić information content (AvgIpc) is 2.66. The van der Waals surface area contributed by atoms with E-state index in [1.165, 1.54) is 0 Å². The quantitative estimate of drug-likeness (QED) is 0.630. The summed E-state index contributed by atoms with van der Waals surface area (Å²) in [6.07, 6.45) is 3.36. The molecule has 21 heavy (non-hydrogen) atoms. The maximum absolute atomic E-state index is 12.5. The van der Waals surface area contributed by atoms with Gasteiger partial charge in [-0.2, -0.15) is 0 Å². The van der Waals surface area contributed by atoms with E-state index in [2.05, 4.69) is 13.8 Å². The minimum Gasteiger partial charge on any atom is -0.462 e. The number of nitrogens with zero attached hydrogens (tertiary/aromatic N) is 1. The summed E-state index contributed by atoms with van der Waals surface area (Å²) in [6, 6.07) is 9.67. The van der Waals surface area contributed by atoms with Crippen LogP contribution in [0.3, 0.4) is 0 Å². The van der Waals surface area contributed by atoms with Gasteiger partial charge in [0.15, 0.2) is 0 Å². The van der Waals surface area contributed by atoms with Crippen molar-refractivity contribution in [1.82, 2.24) is 4.90 Å². The van der Waals surface area contributed by atoms with Crippen molar-refractivity contribution in [2.24, 2.45) is 5.92 Å². The van der Waals surface area contributed by atoms with Gasteiger partial charge in [0, 0.05) is 6.08 Å². The molecule has 3 nitrogen and oxygen atoms in total. The molecule has 0 radical (unpaired) electrons. The highest BCUT2D eigenvalue weighted by molar-refractivity contribution is 7.80. The zero-order valence-electron chi connectivity index (χ0n) is 12.9. The lowest BCUT2D eigenvalue weighted by atomic mass is 9.89. The van der Waals surface area contributed by atoms with E-state index in [9.17, 15) is 4.79 Å². The van der Waals surface area contributed by atoms with E-state index in [1.54, 1.807) is 17.1 Å². The lowest BCUT2D eigenvalue weighted by molar-refractivity contribution is -0.124. The van der Waals surface area contributed by atoms with Crippen molar-refractivity contribution in [3.05, 3.63) is 42.0 Å². The van der Waals surface area contributed by atoms with Crippen LogP contribution in [-0.4, -0.2) is 27.6 Å². The van der Waals surface area contributed by atoms with Gasteiger partial charge in [0.2, 0.25) is 0 Å². The molecule has 1 aromatic rings. The molecule has 4 heteroatoms. The van der Waals surface area contributed by atoms with Gasteiger partial charge in [-0.15, -0.1) is 0 Å². The number of benzene rings is 1. The first-order chi connectivity index (χ1) is 9.83. The molecule has 1 aromatic carbocycles. The van der Waals surface area contributed by atoms with Gasteiger partial charge in [0.25, 0.3) is 11.1 Å². The second kappa shape index (κ2) is 5.98. The molecule has 0 unspecified atom stereocenters. The monoisotopic (exact) mass is 303 g/mol. The Labute approximate surface area is 131 Å². The van der Waals surface area contributed by atoms with Crippen LogP contribution in [0, 0.1) is 5.92 Å². The maximum atomic E-state index is 12.5. The highest BCUT2D eigenvalue weighted by Gasteiger charge is 2.49. The molecule has 0 saturated carbocycles. The Bertz CT molecular complexity index is 563. The molecule has 0 aromatic heterocycles. The fourth-order valence-electron chi connectivity index (χ4n) is 2.90. The number of carbonyl (C=O) groups excluding carboxylic acids is 1. The maximum Gasteiger partial charge on any atom is 0.267 e. The predicted molar refractivity (Wildman–Crippen MR) is 88.7 cm³/mol. The van der Waals surface area contributed by atoms with Crippen molar-refractivity contribution < 1.29 is 9.53 Å². The van der Waals surface area contributed by atoms with Crippen LogP contribution in [0.5, 0.6) is 0 Å². The number of carbonyl (C=O) groups is 1. The predicted octanol–water partition coefficient (Wildman–Crippen LogP) is 3.65. The number of amides is 1. The molecule has 0 aliphatic carbocycles. The van der Waals surface area contributed by atoms with Gasteiger partial charge in [-0.3, -0.25) is 9.69 Å². The number of hydrogen-bond acceptors (Lipinski definition) is 3. The lowest BCUT2D eigenvalue weighted by Gasteiger charge is -2.31. The van der Waals surface area contributed by atoms with Crippen molar-refractivity contribution in [3.8, 4) is 0 Å². The molecule has 1 fully saturated rings. The van der Waals surface area contributed by atoms with Crippen molar-refractivity contribution in [2.45, 2.75) is 39.3 Å². The molecule has 0 N–H and O–H groups in total. The number of ether oxygens (including phenoxy) is 1. The van der Waals surface area contributed by atoms with Crippen LogP contribution in [-0.2, 0) is 9.53 Å². The standard InChI is InChI=1S/C17H21NO2S/c1-12(2)15-17(3,4)20-16(21)18(15)14(19)11-10-13-8-6-5-7-9-13/h5-12,15H,1-4H3/b11-10+/t15-/m0/s1. The molecule has 1 atom stereocenters. The minimum absolute atomic E-state index is 0.0575. The van der Waals surface area contributed by atoms with E-state index in [4.69, 9.17) is 17.0 Å². The molecule has 0 spiro atoms. The van der Waals surface area contributed by atoms with Gasteiger partial charge >= 0.3 is 0 Å². The third-order valence-electron chi connectivity index (χ3n) is 3.62. The highest BCUT2D eigenvalue weighted by atomic mass is 32.1. The topological polar surface area (TPSA) is 29.5 Å². The average molecular weight is 303 g/mol. The lowest BCUT2D eigenvalue weighted by Crippen LogP contribution is -2.47. The van der Waals surface area contributed by atoms with Gasteiger partial charge < -0.3 is 4.74 Å². The Morgan fingerprint density at radius 3 is 2.52 bits per heavy atom. The van der Waals surface area contributed by atoms with Crippen LogP contribution in [0.25, 0.3) is 6.08 Å². The van der Waals surface area contributed by atoms with E-state index >= 15 is 0 Å². The van der Waals surface area contributed by atoms with Gasteiger partial charge in [0.05, 0.1) is 6.04 Å². The molecular formula is C17H21NO2S. The first kappa shape index (κ1) is 15.7. The third kappa shape index (κ3) is 3.32. The van der Waals surface area contributed by atoms with Gasteiger partial charge in [-0.25, -0.2) is 0 Å². The first-order valence-electron chi connectivity index (χ1n) is 7.12. The van der Waals surface area contributed by atoms with Crippen LogP contribution in [0.2, 0.25) is 0 Å². The van der Waals surface area contributed by atoms with E-state index in [0.717, 1.165) is 5.56 Å². The van der Waals surface area contributed by atoms with Crippen molar-refractivity contribution in [2.75, 3.05) is 0 Å². The van der Waals surface area contributed by atoms with E-state index < -0.39 is 5.60 Å². The molecule has 0 bridgehead atoms. The normalized spacial score (nSPS) is 21.1. The Kier molecular flexibility index (Phi) is 4.47. The zero-order valence-corrected chi connectivity index (χ0v) is 13.7. The molecule has 2 rings (SSSR count). The summed E-state index contributed by atoms with van der Waals surface area (Å²) in [5, 5.41) is 0.265. The smallest absolute Gasteiger partial charge is 0.267 e. The molecule has 1 saturated heterocycles. The summed E-state index contributed by atoms with van der Waals surface area (Å²) in [6.45, 7) is 8.09. The number of hydrogen-bond donors (Lipinski definition) is 0. The summed E-state index contributed by atoms with van der Waals surface area (Å²) in [5.74, 6) is 0.127. The molecule has 1 aliphatic rings. The fourth-order valence-corrected chi connectivity index (χ4v) is 3.32. The second-order valence-corrected chi connectivity index (χ2v) is 6.46. The van der Waals surface area contributed by atoms with E-state index in [-0.39, 0.29) is 23.0 Å². The van der Waals surface area contributed by atoms with Crippen molar-refractivity contribution >= 4 is 29.4 Å².